The van der Waals surface area contributed by atoms with Gasteiger partial charge < -0.3 is 24.1 Å². The predicted octanol–water partition coefficient (Wildman–Crippen LogP) is 3.83. The van der Waals surface area contributed by atoms with Crippen LogP contribution in [0.1, 0.15) is 27.7 Å². The molecule has 29 heavy (non-hydrogen) atoms. The monoisotopic (exact) mass is 392 g/mol. The van der Waals surface area contributed by atoms with Gasteiger partial charge in [-0.25, -0.2) is 0 Å². The Morgan fingerprint density at radius 3 is 2.69 bits per heavy atom. The molecular formula is C23H24N2O4. The van der Waals surface area contributed by atoms with Crippen molar-refractivity contribution in [2.75, 3.05) is 32.2 Å². The molecule has 0 bridgehead atoms. The first-order valence-electron chi connectivity index (χ1n) is 9.59. The number of para-hydroxylation sites is 1. The lowest BCUT2D eigenvalue weighted by molar-refractivity contribution is 0.0949. The van der Waals surface area contributed by atoms with Crippen LogP contribution in [0.4, 0.5) is 5.69 Å². The minimum absolute atomic E-state index is 0.0854. The van der Waals surface area contributed by atoms with E-state index in [1.807, 2.05) is 18.2 Å². The summed E-state index contributed by atoms with van der Waals surface area (Å²) in [6.45, 7) is 1.31. The molecular weight excluding hydrogens is 368 g/mol. The minimum atomic E-state index is -0.171. The van der Waals surface area contributed by atoms with Gasteiger partial charge in [0.1, 0.15) is 11.8 Å². The van der Waals surface area contributed by atoms with E-state index in [2.05, 4.69) is 28.4 Å². The van der Waals surface area contributed by atoms with E-state index in [4.69, 9.17) is 13.9 Å². The lowest BCUT2D eigenvalue weighted by Crippen LogP contribution is -2.37. The number of anilines is 1. The van der Waals surface area contributed by atoms with E-state index in [0.29, 0.717) is 23.6 Å². The lowest BCUT2D eigenvalue weighted by Gasteiger charge is -2.29. The molecule has 0 saturated carbocycles. The molecule has 0 radical (unpaired) electrons. The first-order chi connectivity index (χ1) is 14.2. The maximum atomic E-state index is 12.8. The summed E-state index contributed by atoms with van der Waals surface area (Å²) >= 11 is 0. The Labute approximate surface area is 170 Å². The second-order valence-corrected chi connectivity index (χ2v) is 6.88. The highest BCUT2D eigenvalue weighted by Gasteiger charge is 2.29. The van der Waals surface area contributed by atoms with Gasteiger partial charge in [-0.2, -0.15) is 0 Å². The largest absolute Gasteiger partial charge is 0.493 e. The summed E-state index contributed by atoms with van der Waals surface area (Å²) in [5.41, 5.74) is 3.02. The van der Waals surface area contributed by atoms with Crippen molar-refractivity contribution in [3.63, 3.8) is 0 Å². The van der Waals surface area contributed by atoms with E-state index in [9.17, 15) is 4.79 Å². The first-order valence-corrected chi connectivity index (χ1v) is 9.59. The highest BCUT2D eigenvalue weighted by Crippen LogP contribution is 2.35. The molecule has 2 heterocycles. The van der Waals surface area contributed by atoms with Gasteiger partial charge in [-0.05, 0) is 48.4 Å². The number of nitrogens with one attached hydrogen (secondary N) is 1. The molecule has 6 heteroatoms. The van der Waals surface area contributed by atoms with Crippen LogP contribution in [0.15, 0.2) is 65.3 Å². The smallest absolute Gasteiger partial charge is 0.251 e. The molecule has 2 aromatic carbocycles. The normalized spacial score (nSPS) is 13.7. The maximum absolute atomic E-state index is 12.8. The molecule has 0 unspecified atom stereocenters. The number of methoxy groups -OCH3 is 2. The van der Waals surface area contributed by atoms with Gasteiger partial charge in [0.05, 0.1) is 20.5 Å². The third kappa shape index (κ3) is 3.78. The zero-order valence-corrected chi connectivity index (χ0v) is 16.6. The molecule has 150 valence electrons. The molecule has 1 aliphatic heterocycles. The number of carbonyl (C=O) groups is 1. The molecule has 0 spiro atoms. The van der Waals surface area contributed by atoms with Crippen LogP contribution in [-0.2, 0) is 6.42 Å². The number of benzene rings is 2. The Bertz CT molecular complexity index is 984. The van der Waals surface area contributed by atoms with Crippen molar-refractivity contribution in [2.45, 2.75) is 12.5 Å². The van der Waals surface area contributed by atoms with Crippen LogP contribution in [0.2, 0.25) is 0 Å². The van der Waals surface area contributed by atoms with Gasteiger partial charge in [0, 0.05) is 24.3 Å². The van der Waals surface area contributed by atoms with Crippen molar-refractivity contribution < 1.29 is 18.7 Å². The molecule has 1 amide bonds. The van der Waals surface area contributed by atoms with Gasteiger partial charge in [0.15, 0.2) is 11.5 Å². The molecule has 3 aromatic rings. The van der Waals surface area contributed by atoms with Gasteiger partial charge in [0.25, 0.3) is 5.91 Å². The maximum Gasteiger partial charge on any atom is 0.251 e. The van der Waals surface area contributed by atoms with E-state index >= 15 is 0 Å². The Balaban J connectivity index is 1.53. The van der Waals surface area contributed by atoms with Crippen LogP contribution in [0.3, 0.4) is 0 Å². The van der Waals surface area contributed by atoms with Crippen molar-refractivity contribution in [1.82, 2.24) is 5.32 Å². The summed E-state index contributed by atoms with van der Waals surface area (Å²) in [5.74, 6) is 1.77. The quantitative estimate of drug-likeness (QED) is 0.662. The Morgan fingerprint density at radius 1 is 1.10 bits per heavy atom. The first kappa shape index (κ1) is 18.9. The van der Waals surface area contributed by atoms with Crippen molar-refractivity contribution in [2.24, 2.45) is 0 Å². The molecule has 0 fully saturated rings. The van der Waals surface area contributed by atoms with Crippen LogP contribution < -0.4 is 19.7 Å². The van der Waals surface area contributed by atoms with E-state index < -0.39 is 0 Å². The van der Waals surface area contributed by atoms with Crippen LogP contribution in [0, 0.1) is 0 Å². The number of fused-ring (bicyclic) bond motifs is 1. The van der Waals surface area contributed by atoms with Crippen LogP contribution in [-0.4, -0.2) is 33.2 Å². The number of nitrogens with zero attached hydrogens (tertiary/aromatic N) is 1. The number of carbonyl (C=O) groups excluding carboxylic acids is 1. The summed E-state index contributed by atoms with van der Waals surface area (Å²) in [6.07, 6.45) is 2.65. The van der Waals surface area contributed by atoms with Gasteiger partial charge in [-0.1, -0.05) is 18.2 Å². The van der Waals surface area contributed by atoms with Crippen molar-refractivity contribution in [1.29, 1.82) is 0 Å². The average Bonchev–Trinajstić information content (AvgIpc) is 3.44. The summed E-state index contributed by atoms with van der Waals surface area (Å²) in [7, 11) is 3.12. The second kappa shape index (κ2) is 8.31. The molecule has 0 aliphatic carbocycles. The van der Waals surface area contributed by atoms with Gasteiger partial charge in [-0.3, -0.25) is 4.79 Å². The Morgan fingerprint density at radius 2 is 1.93 bits per heavy atom. The molecule has 1 atom stereocenters. The zero-order chi connectivity index (χ0) is 20.2. The Kier molecular flexibility index (Phi) is 5.42. The summed E-state index contributed by atoms with van der Waals surface area (Å²) in [5, 5.41) is 3.05. The lowest BCUT2D eigenvalue weighted by atomic mass is 10.1. The third-order valence-corrected chi connectivity index (χ3v) is 5.27. The molecule has 0 saturated heterocycles. The summed E-state index contributed by atoms with van der Waals surface area (Å²) in [6, 6.07) is 17.2. The molecule has 1 aliphatic rings. The number of ether oxygens (including phenoxy) is 2. The number of rotatable bonds is 7. The van der Waals surface area contributed by atoms with Crippen molar-refractivity contribution in [3.8, 4) is 11.5 Å². The van der Waals surface area contributed by atoms with E-state index in [0.717, 1.165) is 18.7 Å². The highest BCUT2D eigenvalue weighted by atomic mass is 16.5. The predicted molar refractivity (Wildman–Crippen MR) is 111 cm³/mol. The number of hydrogen-bond acceptors (Lipinski definition) is 5. The third-order valence-electron chi connectivity index (χ3n) is 5.27. The van der Waals surface area contributed by atoms with Crippen LogP contribution in [0.5, 0.6) is 11.5 Å². The Hall–Kier alpha value is -3.41. The topological polar surface area (TPSA) is 63.9 Å². The minimum Gasteiger partial charge on any atom is -0.493 e. The summed E-state index contributed by atoms with van der Waals surface area (Å²) < 4.78 is 16.2. The SMILES string of the molecule is COc1ccc(C(=O)NC[C@@H](c2ccco2)N2CCc3ccccc32)cc1OC. The van der Waals surface area contributed by atoms with Gasteiger partial charge in [-0.15, -0.1) is 0 Å². The van der Waals surface area contributed by atoms with Gasteiger partial charge >= 0.3 is 0 Å². The van der Waals surface area contributed by atoms with Crippen molar-refractivity contribution >= 4 is 11.6 Å². The number of furan rings is 1. The van der Waals surface area contributed by atoms with Gasteiger partial charge in [0.2, 0.25) is 0 Å². The average molecular weight is 392 g/mol. The molecule has 4 rings (SSSR count). The van der Waals surface area contributed by atoms with Crippen LogP contribution >= 0.6 is 0 Å². The summed E-state index contributed by atoms with van der Waals surface area (Å²) in [4.78, 5) is 15.1. The zero-order valence-electron chi connectivity index (χ0n) is 16.6. The number of hydrogen-bond donors (Lipinski definition) is 1. The van der Waals surface area contributed by atoms with E-state index in [1.165, 1.54) is 11.3 Å². The molecule has 1 aromatic heterocycles. The fourth-order valence-corrected chi connectivity index (χ4v) is 3.80. The van der Waals surface area contributed by atoms with Crippen LogP contribution in [0.25, 0.3) is 0 Å². The second-order valence-electron chi connectivity index (χ2n) is 6.88. The molecule has 1 N–H and O–H groups in total. The molecule has 6 nitrogen and oxygen atoms in total. The van der Waals surface area contributed by atoms with E-state index in [1.54, 1.807) is 38.7 Å². The van der Waals surface area contributed by atoms with E-state index in [-0.39, 0.29) is 11.9 Å². The number of amides is 1. The van der Waals surface area contributed by atoms with Crippen molar-refractivity contribution in [3.05, 3.63) is 77.7 Å². The fraction of sp³-hybridized carbons (Fsp3) is 0.261. The fourth-order valence-electron chi connectivity index (χ4n) is 3.80. The standard InChI is InChI=1S/C23H24N2O4/c1-27-21-10-9-17(14-22(21)28-2)23(26)24-15-19(20-8-5-13-29-20)25-12-11-16-6-3-4-7-18(16)25/h3-10,13-14,19H,11-12,15H2,1-2H3,(H,24,26)/t19-/m0/s1. The highest BCUT2D eigenvalue weighted by molar-refractivity contribution is 5.95.